The molecule has 7 nitrogen and oxygen atoms in total. The Hall–Kier alpha value is -3.48. The second-order valence-electron chi connectivity index (χ2n) is 8.90. The number of aromatic nitrogens is 1. The summed E-state index contributed by atoms with van der Waals surface area (Å²) in [6, 6.07) is 11.0. The Morgan fingerprint density at radius 2 is 1.79 bits per heavy atom. The van der Waals surface area contributed by atoms with E-state index in [1.54, 1.807) is 25.0 Å². The molecule has 0 fully saturated rings. The number of hydrogen-bond donors (Lipinski definition) is 1. The number of carbonyl (C=O) groups is 1. The van der Waals surface area contributed by atoms with Gasteiger partial charge in [-0.1, -0.05) is 32.0 Å². The van der Waals surface area contributed by atoms with Crippen LogP contribution in [0.15, 0.2) is 47.4 Å². The van der Waals surface area contributed by atoms with E-state index in [1.807, 2.05) is 48.2 Å². The number of ether oxygens (including phenoxy) is 2. The summed E-state index contributed by atoms with van der Waals surface area (Å²) >= 11 is 0. The topological polar surface area (TPSA) is 72.8 Å². The molecule has 0 aliphatic carbocycles. The summed E-state index contributed by atoms with van der Waals surface area (Å²) in [5, 5.41) is 4.42. The normalized spacial score (nSPS) is 15.5. The molecule has 0 radical (unpaired) electrons. The van der Waals surface area contributed by atoms with Gasteiger partial charge in [-0.2, -0.15) is 0 Å². The maximum atomic E-state index is 13.4. The predicted octanol–water partition coefficient (Wildman–Crippen LogP) is 4.83. The lowest BCUT2D eigenvalue weighted by Gasteiger charge is -2.35. The van der Waals surface area contributed by atoms with Gasteiger partial charge in [0.15, 0.2) is 11.5 Å². The maximum Gasteiger partial charge on any atom is 0.322 e. The number of hydrogen-bond acceptors (Lipinski definition) is 4. The zero-order valence-electron chi connectivity index (χ0n) is 19.8. The van der Waals surface area contributed by atoms with Crippen molar-refractivity contribution in [3.05, 3.63) is 64.1 Å². The average molecular weight is 450 g/mol. The Balaban J connectivity index is 1.67. The molecule has 1 aliphatic rings. The van der Waals surface area contributed by atoms with Crippen LogP contribution in [0.2, 0.25) is 0 Å². The first-order valence-electron chi connectivity index (χ1n) is 11.3. The Morgan fingerprint density at radius 1 is 1.12 bits per heavy atom. The zero-order chi connectivity index (χ0) is 23.7. The molecule has 2 heterocycles. The smallest absolute Gasteiger partial charge is 0.322 e. The number of anilines is 1. The lowest BCUT2D eigenvalue weighted by atomic mass is 9.93. The minimum absolute atomic E-state index is 0.0430. The summed E-state index contributed by atoms with van der Waals surface area (Å²) in [7, 11) is 3.23. The van der Waals surface area contributed by atoms with Crippen LogP contribution in [-0.4, -0.2) is 36.3 Å². The van der Waals surface area contributed by atoms with Gasteiger partial charge in [-0.05, 0) is 48.6 Å². The van der Waals surface area contributed by atoms with Crippen LogP contribution in [0.25, 0.3) is 10.8 Å². The molecule has 2 aromatic carbocycles. The second-order valence-corrected chi connectivity index (χ2v) is 8.90. The fraction of sp³-hybridized carbons (Fsp3) is 0.385. The van der Waals surface area contributed by atoms with Gasteiger partial charge in [0.25, 0.3) is 5.56 Å². The van der Waals surface area contributed by atoms with Crippen LogP contribution in [0.3, 0.4) is 0 Å². The maximum absolute atomic E-state index is 13.4. The van der Waals surface area contributed by atoms with Gasteiger partial charge in [0.1, 0.15) is 0 Å². The molecule has 0 saturated heterocycles. The first-order valence-corrected chi connectivity index (χ1v) is 11.3. The van der Waals surface area contributed by atoms with Gasteiger partial charge >= 0.3 is 6.03 Å². The van der Waals surface area contributed by atoms with Crippen LogP contribution in [0.5, 0.6) is 11.5 Å². The summed E-state index contributed by atoms with van der Waals surface area (Å²) < 4.78 is 12.6. The van der Waals surface area contributed by atoms with E-state index < -0.39 is 0 Å². The number of nitrogens with one attached hydrogen (secondary N) is 1. The van der Waals surface area contributed by atoms with Crippen LogP contribution in [0.1, 0.15) is 37.9 Å². The fourth-order valence-electron chi connectivity index (χ4n) is 4.58. The molecule has 0 saturated carbocycles. The van der Waals surface area contributed by atoms with E-state index in [9.17, 15) is 9.59 Å². The number of rotatable bonds is 5. The number of benzene rings is 2. The first-order chi connectivity index (χ1) is 15.8. The highest BCUT2D eigenvalue weighted by molar-refractivity contribution is 6.01. The van der Waals surface area contributed by atoms with E-state index >= 15 is 0 Å². The van der Waals surface area contributed by atoms with Crippen molar-refractivity contribution in [2.45, 2.75) is 39.8 Å². The largest absolute Gasteiger partial charge is 0.493 e. The fourth-order valence-corrected chi connectivity index (χ4v) is 4.58. The molecule has 0 unspecified atom stereocenters. The predicted molar refractivity (Wildman–Crippen MR) is 130 cm³/mol. The minimum atomic E-state index is -0.192. The highest BCUT2D eigenvalue weighted by Gasteiger charge is 2.29. The van der Waals surface area contributed by atoms with Crippen LogP contribution < -0.4 is 20.3 Å². The molecule has 1 aliphatic heterocycles. The van der Waals surface area contributed by atoms with Crippen molar-refractivity contribution in [2.75, 3.05) is 26.1 Å². The van der Waals surface area contributed by atoms with Gasteiger partial charge in [-0.3, -0.25) is 4.79 Å². The molecular formula is C26H31N3O4. The molecule has 3 aromatic rings. The summed E-state index contributed by atoms with van der Waals surface area (Å²) in [4.78, 5) is 28.1. The molecule has 0 spiro atoms. The molecule has 7 heteroatoms. The minimum Gasteiger partial charge on any atom is -0.493 e. The Kier molecular flexibility index (Phi) is 6.31. The third kappa shape index (κ3) is 4.27. The van der Waals surface area contributed by atoms with Crippen molar-refractivity contribution in [2.24, 2.45) is 5.92 Å². The number of methoxy groups -OCH3 is 2. The van der Waals surface area contributed by atoms with Crippen molar-refractivity contribution in [1.82, 2.24) is 9.47 Å². The van der Waals surface area contributed by atoms with Gasteiger partial charge in [0.2, 0.25) is 0 Å². The van der Waals surface area contributed by atoms with Crippen LogP contribution in [0.4, 0.5) is 10.5 Å². The van der Waals surface area contributed by atoms with Crippen molar-refractivity contribution >= 4 is 22.5 Å². The van der Waals surface area contributed by atoms with Gasteiger partial charge in [0.05, 0.1) is 25.9 Å². The SMILES string of the molecule is COc1cc2c(cc1OC)[C@H](C)N(C(=O)Nc1cn(CC(C)C)c(=O)c3ccccc13)CC2. The molecule has 0 bridgehead atoms. The molecule has 33 heavy (non-hydrogen) atoms. The molecular weight excluding hydrogens is 418 g/mol. The Morgan fingerprint density at radius 3 is 2.45 bits per heavy atom. The Bertz CT molecular complexity index is 1250. The highest BCUT2D eigenvalue weighted by Crippen LogP contribution is 2.38. The average Bonchev–Trinajstić information content (AvgIpc) is 2.81. The summed E-state index contributed by atoms with van der Waals surface area (Å²) in [5.41, 5.74) is 2.79. The number of fused-ring (bicyclic) bond motifs is 2. The summed E-state index contributed by atoms with van der Waals surface area (Å²) in [6.07, 6.45) is 2.49. The molecule has 1 N–H and O–H groups in total. The van der Waals surface area contributed by atoms with Crippen LogP contribution in [0, 0.1) is 5.92 Å². The molecule has 1 aromatic heterocycles. The van der Waals surface area contributed by atoms with E-state index in [2.05, 4.69) is 19.2 Å². The third-order valence-electron chi connectivity index (χ3n) is 6.24. The summed E-state index contributed by atoms with van der Waals surface area (Å²) in [5.74, 6) is 1.65. The number of carbonyl (C=O) groups excluding carboxylic acids is 1. The van der Waals surface area contributed by atoms with E-state index in [0.29, 0.717) is 41.6 Å². The number of urea groups is 1. The van der Waals surface area contributed by atoms with Gasteiger partial charge in [0, 0.05) is 30.1 Å². The lowest BCUT2D eigenvalue weighted by Crippen LogP contribution is -2.41. The van der Waals surface area contributed by atoms with Crippen molar-refractivity contribution in [1.29, 1.82) is 0 Å². The molecule has 174 valence electrons. The molecule has 1 atom stereocenters. The third-order valence-corrected chi connectivity index (χ3v) is 6.24. The van der Waals surface area contributed by atoms with E-state index in [4.69, 9.17) is 9.47 Å². The van der Waals surface area contributed by atoms with E-state index in [1.165, 1.54) is 0 Å². The van der Waals surface area contributed by atoms with Gasteiger partial charge in [-0.15, -0.1) is 0 Å². The highest BCUT2D eigenvalue weighted by atomic mass is 16.5. The lowest BCUT2D eigenvalue weighted by molar-refractivity contribution is 0.188. The quantitative estimate of drug-likeness (QED) is 0.606. The van der Waals surface area contributed by atoms with Crippen molar-refractivity contribution in [3.63, 3.8) is 0 Å². The monoisotopic (exact) mass is 449 g/mol. The van der Waals surface area contributed by atoms with E-state index in [-0.39, 0.29) is 17.6 Å². The number of pyridine rings is 1. The van der Waals surface area contributed by atoms with Crippen molar-refractivity contribution in [3.8, 4) is 11.5 Å². The summed E-state index contributed by atoms with van der Waals surface area (Å²) in [6.45, 7) is 7.31. The van der Waals surface area contributed by atoms with Crippen LogP contribution in [-0.2, 0) is 13.0 Å². The first kappa shape index (κ1) is 22.7. The van der Waals surface area contributed by atoms with Crippen LogP contribution >= 0.6 is 0 Å². The molecule has 4 rings (SSSR count). The standard InChI is InChI=1S/C26H31N3O4/c1-16(2)14-28-15-22(19-8-6-7-9-20(19)25(28)30)27-26(31)29-11-10-18-12-23(32-4)24(33-5)13-21(18)17(29)3/h6-9,12-13,15-17H,10-11,14H2,1-5H3,(H,27,31)/t17-/m0/s1. The van der Waals surface area contributed by atoms with Crippen molar-refractivity contribution < 1.29 is 14.3 Å². The van der Waals surface area contributed by atoms with Gasteiger partial charge < -0.3 is 24.3 Å². The second kappa shape index (κ2) is 9.17. The van der Waals surface area contributed by atoms with Gasteiger partial charge in [-0.25, -0.2) is 4.79 Å². The van der Waals surface area contributed by atoms with E-state index in [0.717, 1.165) is 22.9 Å². The molecule has 2 amide bonds. The number of nitrogens with zero attached hydrogens (tertiary/aromatic N) is 2. The zero-order valence-corrected chi connectivity index (χ0v) is 19.8. The Labute approximate surface area is 193 Å². The number of amides is 2.